The lowest BCUT2D eigenvalue weighted by Crippen LogP contribution is -2.03. The van der Waals surface area contributed by atoms with Gasteiger partial charge in [0.1, 0.15) is 17.9 Å². The topological polar surface area (TPSA) is 68.6 Å². The van der Waals surface area contributed by atoms with Gasteiger partial charge in [0.15, 0.2) is 0 Å². The van der Waals surface area contributed by atoms with Crippen LogP contribution in [0.1, 0.15) is 11.4 Å². The summed E-state index contributed by atoms with van der Waals surface area (Å²) in [6.45, 7) is 2.92. The van der Waals surface area contributed by atoms with Crippen LogP contribution in [0.3, 0.4) is 0 Å². The van der Waals surface area contributed by atoms with E-state index in [0.717, 1.165) is 35.6 Å². The molecule has 0 amide bonds. The summed E-state index contributed by atoms with van der Waals surface area (Å²) in [7, 11) is 1.70. The molecule has 116 valence electrons. The smallest absolute Gasteiger partial charge is 0.137 e. The number of benzene rings is 1. The average Bonchev–Trinajstić information content (AvgIpc) is 3.18. The second-order valence-electron chi connectivity index (χ2n) is 5.57. The molecule has 6 heteroatoms. The van der Waals surface area contributed by atoms with E-state index < -0.39 is 0 Å². The molecule has 3 aromatic heterocycles. The number of aryl methyl sites for hydroxylation is 3. The minimum absolute atomic E-state index is 0.782. The van der Waals surface area contributed by atoms with Crippen LogP contribution >= 0.6 is 0 Å². The molecule has 0 aliphatic carbocycles. The van der Waals surface area contributed by atoms with Gasteiger partial charge in [-0.1, -0.05) is 0 Å². The van der Waals surface area contributed by atoms with Gasteiger partial charge in [0, 0.05) is 36.0 Å². The van der Waals surface area contributed by atoms with Gasteiger partial charge in [-0.3, -0.25) is 10.1 Å². The van der Waals surface area contributed by atoms with Gasteiger partial charge < -0.3 is 9.30 Å². The summed E-state index contributed by atoms with van der Waals surface area (Å²) in [4.78, 5) is 8.50. The fraction of sp³-hybridized carbons (Fsp3) is 0.235. The van der Waals surface area contributed by atoms with E-state index in [4.69, 9.17) is 4.74 Å². The number of aromatic nitrogens is 5. The number of hydrogen-bond donors (Lipinski definition) is 1. The quantitative estimate of drug-likeness (QED) is 0.629. The van der Waals surface area contributed by atoms with Crippen molar-refractivity contribution in [3.8, 4) is 5.75 Å². The molecule has 0 saturated heterocycles. The zero-order valence-corrected chi connectivity index (χ0v) is 13.1. The minimum atomic E-state index is 0.782. The number of pyridine rings is 1. The molecule has 0 fully saturated rings. The Morgan fingerprint density at radius 3 is 2.96 bits per heavy atom. The molecule has 6 nitrogen and oxygen atoms in total. The van der Waals surface area contributed by atoms with E-state index in [1.807, 2.05) is 12.4 Å². The maximum atomic E-state index is 5.45. The molecule has 1 N–H and O–H groups in total. The summed E-state index contributed by atoms with van der Waals surface area (Å²) >= 11 is 0. The van der Waals surface area contributed by atoms with Crippen LogP contribution in [0.15, 0.2) is 36.9 Å². The van der Waals surface area contributed by atoms with E-state index in [2.05, 4.69) is 49.9 Å². The zero-order chi connectivity index (χ0) is 15.8. The van der Waals surface area contributed by atoms with E-state index in [0.29, 0.717) is 0 Å². The van der Waals surface area contributed by atoms with E-state index in [1.165, 1.54) is 22.7 Å². The molecule has 0 aliphatic rings. The molecule has 4 aromatic rings. The Hall–Kier alpha value is -2.89. The Morgan fingerprint density at radius 1 is 1.26 bits per heavy atom. The van der Waals surface area contributed by atoms with Gasteiger partial charge in [0.05, 0.1) is 24.3 Å². The highest BCUT2D eigenvalue weighted by molar-refractivity contribution is 6.09. The summed E-state index contributed by atoms with van der Waals surface area (Å²) in [5.41, 5.74) is 3.48. The molecule has 0 unspecified atom stereocenters. The number of nitrogens with zero attached hydrogens (tertiary/aromatic N) is 4. The lowest BCUT2D eigenvalue weighted by Gasteiger charge is -2.08. The molecule has 0 atom stereocenters. The highest BCUT2D eigenvalue weighted by atomic mass is 16.5. The van der Waals surface area contributed by atoms with Crippen molar-refractivity contribution in [2.24, 2.45) is 0 Å². The van der Waals surface area contributed by atoms with Gasteiger partial charge in [0.25, 0.3) is 0 Å². The van der Waals surface area contributed by atoms with E-state index in [9.17, 15) is 0 Å². The van der Waals surface area contributed by atoms with Crippen molar-refractivity contribution in [2.45, 2.75) is 19.9 Å². The molecular weight excluding hydrogens is 290 g/mol. The number of aromatic amines is 1. The van der Waals surface area contributed by atoms with Crippen molar-refractivity contribution < 1.29 is 4.74 Å². The van der Waals surface area contributed by atoms with Crippen molar-refractivity contribution in [1.29, 1.82) is 0 Å². The number of ether oxygens (including phenoxy) is 1. The first-order chi connectivity index (χ1) is 11.3. The van der Waals surface area contributed by atoms with E-state index >= 15 is 0 Å². The monoisotopic (exact) mass is 307 g/mol. The first-order valence-electron chi connectivity index (χ1n) is 7.52. The van der Waals surface area contributed by atoms with Crippen molar-refractivity contribution in [3.05, 3.63) is 48.3 Å². The summed E-state index contributed by atoms with van der Waals surface area (Å²) in [6, 6.07) is 6.23. The van der Waals surface area contributed by atoms with Crippen molar-refractivity contribution in [3.63, 3.8) is 0 Å². The third-order valence-electron chi connectivity index (χ3n) is 4.21. The molecule has 0 bridgehead atoms. The standard InChI is InChI=1S/C17H17N5O/c1-11-7-12(23-2)8-14-17(11)13-3-5-18-9-15(13)22(14)6-4-16-19-10-20-21-16/h3,5,7-10H,4,6H2,1-2H3,(H,19,20,21). The molecule has 0 radical (unpaired) electrons. The largest absolute Gasteiger partial charge is 0.497 e. The van der Waals surface area contributed by atoms with Crippen molar-refractivity contribution >= 4 is 21.8 Å². The maximum Gasteiger partial charge on any atom is 0.137 e. The normalized spacial score (nSPS) is 11.4. The van der Waals surface area contributed by atoms with Gasteiger partial charge in [-0.2, -0.15) is 5.10 Å². The third kappa shape index (κ3) is 2.23. The van der Waals surface area contributed by atoms with Crippen LogP contribution < -0.4 is 4.74 Å². The van der Waals surface area contributed by atoms with Crippen LogP contribution in [0.2, 0.25) is 0 Å². The average molecular weight is 307 g/mol. The Morgan fingerprint density at radius 2 is 2.17 bits per heavy atom. The molecule has 4 rings (SSSR count). The highest BCUT2D eigenvalue weighted by Crippen LogP contribution is 2.34. The van der Waals surface area contributed by atoms with Gasteiger partial charge in [-0.15, -0.1) is 0 Å². The molecule has 0 aliphatic heterocycles. The van der Waals surface area contributed by atoms with Gasteiger partial charge in [-0.25, -0.2) is 4.98 Å². The van der Waals surface area contributed by atoms with E-state index in [-0.39, 0.29) is 0 Å². The van der Waals surface area contributed by atoms with Crippen LogP contribution in [-0.4, -0.2) is 31.8 Å². The van der Waals surface area contributed by atoms with E-state index in [1.54, 1.807) is 7.11 Å². The molecule has 0 spiro atoms. The Labute approximate surface area is 133 Å². The first kappa shape index (κ1) is 13.8. The van der Waals surface area contributed by atoms with Crippen LogP contribution in [0.4, 0.5) is 0 Å². The second-order valence-corrected chi connectivity index (χ2v) is 5.57. The molecule has 1 aromatic carbocycles. The second kappa shape index (κ2) is 5.39. The molecule has 3 heterocycles. The number of fused-ring (bicyclic) bond motifs is 3. The Kier molecular flexibility index (Phi) is 3.22. The third-order valence-corrected chi connectivity index (χ3v) is 4.21. The number of nitrogens with one attached hydrogen (secondary N) is 1. The first-order valence-corrected chi connectivity index (χ1v) is 7.52. The van der Waals surface area contributed by atoms with Gasteiger partial charge >= 0.3 is 0 Å². The number of hydrogen-bond acceptors (Lipinski definition) is 4. The highest BCUT2D eigenvalue weighted by Gasteiger charge is 2.14. The zero-order valence-electron chi connectivity index (χ0n) is 13.1. The number of methoxy groups -OCH3 is 1. The van der Waals surface area contributed by atoms with Crippen LogP contribution in [0.25, 0.3) is 21.8 Å². The molecular formula is C17H17N5O. The number of rotatable bonds is 4. The fourth-order valence-electron chi connectivity index (χ4n) is 3.17. The predicted molar refractivity (Wildman–Crippen MR) is 88.6 cm³/mol. The van der Waals surface area contributed by atoms with Crippen molar-refractivity contribution in [2.75, 3.05) is 7.11 Å². The summed E-state index contributed by atoms with van der Waals surface area (Å²) < 4.78 is 7.72. The lowest BCUT2D eigenvalue weighted by atomic mass is 10.1. The lowest BCUT2D eigenvalue weighted by molar-refractivity contribution is 0.415. The Balaban J connectivity index is 1.93. The van der Waals surface area contributed by atoms with Gasteiger partial charge in [-0.05, 0) is 24.6 Å². The predicted octanol–water partition coefficient (Wildman–Crippen LogP) is 2.87. The summed E-state index contributed by atoms with van der Waals surface area (Å²) in [5.74, 6) is 1.75. The fourth-order valence-corrected chi connectivity index (χ4v) is 3.17. The van der Waals surface area contributed by atoms with Crippen molar-refractivity contribution in [1.82, 2.24) is 24.7 Å². The number of H-pyrrole nitrogens is 1. The summed E-state index contributed by atoms with van der Waals surface area (Å²) in [5, 5.41) is 9.29. The Bertz CT molecular complexity index is 972. The molecule has 23 heavy (non-hydrogen) atoms. The van der Waals surface area contributed by atoms with Crippen LogP contribution in [0.5, 0.6) is 5.75 Å². The minimum Gasteiger partial charge on any atom is -0.497 e. The SMILES string of the molecule is COc1cc(C)c2c3ccncc3n(CCc3ncn[nH]3)c2c1. The van der Waals surface area contributed by atoms with Gasteiger partial charge in [0.2, 0.25) is 0 Å². The molecule has 0 saturated carbocycles. The van der Waals surface area contributed by atoms with Crippen LogP contribution in [-0.2, 0) is 13.0 Å². The van der Waals surface area contributed by atoms with Crippen LogP contribution in [0, 0.1) is 6.92 Å². The maximum absolute atomic E-state index is 5.45. The summed E-state index contributed by atoms with van der Waals surface area (Å²) in [6.07, 6.45) is 6.08.